The van der Waals surface area contributed by atoms with E-state index < -0.39 is 8.25 Å². The summed E-state index contributed by atoms with van der Waals surface area (Å²) in [5.41, 5.74) is 3.62. The average Bonchev–Trinajstić information content (AvgIpc) is 2.47. The summed E-state index contributed by atoms with van der Waals surface area (Å²) in [6, 6.07) is 15.2. The maximum Gasteiger partial charge on any atom is 0.418 e. The van der Waals surface area contributed by atoms with Gasteiger partial charge in [0.2, 0.25) is 0 Å². The zero-order chi connectivity index (χ0) is 16.1. The van der Waals surface area contributed by atoms with Gasteiger partial charge in [-0.3, -0.25) is 0 Å². The summed E-state index contributed by atoms with van der Waals surface area (Å²) in [4.78, 5) is 0. The minimum absolute atomic E-state index is 0.333. The lowest BCUT2D eigenvalue weighted by Gasteiger charge is -2.14. The first-order chi connectivity index (χ1) is 10.5. The average molecular weight is 314 g/mol. The molecule has 2 aromatic rings. The van der Waals surface area contributed by atoms with Crippen molar-refractivity contribution in [1.29, 1.82) is 0 Å². The standard InChI is InChI=1S/C18H19O3P/c1-13-9-5-7-11-17(13)15(3)20-22(19)21-16(4)18-12-8-6-10-14(18)2/h5-12,22H,3-4H2,1-2H3. The van der Waals surface area contributed by atoms with Crippen molar-refractivity contribution in [3.8, 4) is 0 Å². The van der Waals surface area contributed by atoms with Crippen molar-refractivity contribution < 1.29 is 13.6 Å². The fourth-order valence-corrected chi connectivity index (χ4v) is 2.77. The molecule has 0 amide bonds. The minimum atomic E-state index is -2.76. The molecule has 114 valence electrons. The van der Waals surface area contributed by atoms with Crippen LogP contribution in [0.4, 0.5) is 0 Å². The Hall–Kier alpha value is -2.25. The quantitative estimate of drug-likeness (QED) is 0.531. The third-order valence-electron chi connectivity index (χ3n) is 3.30. The lowest BCUT2D eigenvalue weighted by atomic mass is 10.1. The van der Waals surface area contributed by atoms with E-state index in [1.54, 1.807) is 0 Å². The maximum atomic E-state index is 12.1. The summed E-state index contributed by atoms with van der Waals surface area (Å²) in [5, 5.41) is 0. The second-order valence-corrected chi connectivity index (χ2v) is 5.84. The molecule has 0 aliphatic rings. The topological polar surface area (TPSA) is 35.5 Å². The van der Waals surface area contributed by atoms with E-state index in [1.807, 2.05) is 62.4 Å². The molecule has 22 heavy (non-hydrogen) atoms. The van der Waals surface area contributed by atoms with Gasteiger partial charge in [0.1, 0.15) is 11.5 Å². The van der Waals surface area contributed by atoms with Gasteiger partial charge in [-0.25, -0.2) is 4.57 Å². The van der Waals surface area contributed by atoms with Crippen LogP contribution >= 0.6 is 8.25 Å². The Morgan fingerprint density at radius 1 is 0.818 bits per heavy atom. The van der Waals surface area contributed by atoms with E-state index in [-0.39, 0.29) is 0 Å². The van der Waals surface area contributed by atoms with Gasteiger partial charge in [0.25, 0.3) is 0 Å². The summed E-state index contributed by atoms with van der Waals surface area (Å²) in [5.74, 6) is 0.666. The van der Waals surface area contributed by atoms with E-state index in [2.05, 4.69) is 13.2 Å². The molecule has 0 N–H and O–H groups in total. The number of aryl methyl sites for hydroxylation is 2. The molecule has 0 spiro atoms. The molecule has 0 bridgehead atoms. The summed E-state index contributed by atoms with van der Waals surface area (Å²) in [7, 11) is -2.76. The van der Waals surface area contributed by atoms with Crippen LogP contribution in [-0.2, 0) is 13.6 Å². The van der Waals surface area contributed by atoms with Gasteiger partial charge < -0.3 is 9.05 Å². The molecule has 0 heterocycles. The van der Waals surface area contributed by atoms with Gasteiger partial charge in [-0.1, -0.05) is 61.7 Å². The molecule has 0 saturated heterocycles. The first kappa shape index (κ1) is 16.1. The van der Waals surface area contributed by atoms with Gasteiger partial charge in [0.05, 0.1) is 0 Å². The zero-order valence-electron chi connectivity index (χ0n) is 12.8. The number of hydrogen-bond donors (Lipinski definition) is 0. The monoisotopic (exact) mass is 314 g/mol. The number of rotatable bonds is 6. The Morgan fingerprint density at radius 2 is 1.18 bits per heavy atom. The highest BCUT2D eigenvalue weighted by atomic mass is 31.1. The molecule has 2 rings (SSSR count). The molecular weight excluding hydrogens is 295 g/mol. The van der Waals surface area contributed by atoms with Crippen molar-refractivity contribution in [2.24, 2.45) is 0 Å². The summed E-state index contributed by atoms with van der Waals surface area (Å²) in [6.45, 7) is 11.5. The van der Waals surface area contributed by atoms with Crippen LogP contribution in [0.3, 0.4) is 0 Å². The smallest absolute Gasteiger partial charge is 0.418 e. The Morgan fingerprint density at radius 3 is 1.55 bits per heavy atom. The molecule has 0 aliphatic carbocycles. The Bertz CT molecular complexity index is 673. The first-order valence-corrected chi connectivity index (χ1v) is 8.11. The molecule has 0 aliphatic heterocycles. The van der Waals surface area contributed by atoms with E-state index in [0.29, 0.717) is 11.5 Å². The van der Waals surface area contributed by atoms with E-state index in [1.165, 1.54) is 0 Å². The molecule has 3 nitrogen and oxygen atoms in total. The van der Waals surface area contributed by atoms with Crippen molar-refractivity contribution in [2.45, 2.75) is 13.8 Å². The SMILES string of the molecule is C=C(O[PH](=O)OC(=C)c1ccccc1C)c1ccccc1C. The molecule has 0 atom stereocenters. The van der Waals surface area contributed by atoms with Crippen LogP contribution in [0.25, 0.3) is 11.5 Å². The van der Waals surface area contributed by atoms with Gasteiger partial charge >= 0.3 is 8.25 Å². The van der Waals surface area contributed by atoms with Crippen LogP contribution in [0.1, 0.15) is 22.3 Å². The Balaban J connectivity index is 2.02. The van der Waals surface area contributed by atoms with Gasteiger partial charge in [-0.2, -0.15) is 0 Å². The zero-order valence-corrected chi connectivity index (χ0v) is 13.8. The van der Waals surface area contributed by atoms with Crippen molar-refractivity contribution in [1.82, 2.24) is 0 Å². The van der Waals surface area contributed by atoms with Crippen LogP contribution in [0.5, 0.6) is 0 Å². The fourth-order valence-electron chi connectivity index (χ4n) is 2.10. The third-order valence-corrected chi connectivity index (χ3v) is 4.13. The second-order valence-electron chi connectivity index (χ2n) is 4.93. The Labute approximate surface area is 131 Å². The van der Waals surface area contributed by atoms with Crippen molar-refractivity contribution in [2.75, 3.05) is 0 Å². The van der Waals surface area contributed by atoms with E-state index in [9.17, 15) is 4.57 Å². The predicted molar refractivity (Wildman–Crippen MR) is 91.6 cm³/mol. The molecule has 0 aromatic heterocycles. The molecule has 0 radical (unpaired) electrons. The van der Waals surface area contributed by atoms with E-state index >= 15 is 0 Å². The van der Waals surface area contributed by atoms with E-state index in [4.69, 9.17) is 9.05 Å². The molecular formula is C18H19O3P. The molecule has 0 saturated carbocycles. The van der Waals surface area contributed by atoms with Crippen LogP contribution < -0.4 is 0 Å². The maximum absolute atomic E-state index is 12.1. The van der Waals surface area contributed by atoms with Crippen LogP contribution in [0.15, 0.2) is 61.7 Å². The lowest BCUT2D eigenvalue weighted by Crippen LogP contribution is -1.91. The summed E-state index contributed by atoms with van der Waals surface area (Å²) >= 11 is 0. The normalized spacial score (nSPS) is 10.3. The highest BCUT2D eigenvalue weighted by molar-refractivity contribution is 7.34. The highest BCUT2D eigenvalue weighted by Gasteiger charge is 2.11. The molecule has 2 aromatic carbocycles. The fraction of sp³-hybridized carbons (Fsp3) is 0.111. The van der Waals surface area contributed by atoms with Crippen LogP contribution in [0.2, 0.25) is 0 Å². The third kappa shape index (κ3) is 3.90. The minimum Gasteiger partial charge on any atom is -0.418 e. The summed E-state index contributed by atoms with van der Waals surface area (Å²) in [6.07, 6.45) is 0. The van der Waals surface area contributed by atoms with Gasteiger partial charge in [0, 0.05) is 11.1 Å². The molecule has 4 heteroatoms. The van der Waals surface area contributed by atoms with Gasteiger partial charge in [-0.15, -0.1) is 0 Å². The summed E-state index contributed by atoms with van der Waals surface area (Å²) < 4.78 is 22.7. The number of hydrogen-bond acceptors (Lipinski definition) is 3. The van der Waals surface area contributed by atoms with Crippen LogP contribution in [0, 0.1) is 13.8 Å². The number of benzene rings is 2. The molecule has 0 unspecified atom stereocenters. The first-order valence-electron chi connectivity index (χ1n) is 6.88. The second kappa shape index (κ2) is 7.15. The largest absolute Gasteiger partial charge is 0.418 e. The van der Waals surface area contributed by atoms with Gasteiger partial charge in [-0.05, 0) is 25.0 Å². The highest BCUT2D eigenvalue weighted by Crippen LogP contribution is 2.37. The van der Waals surface area contributed by atoms with Crippen molar-refractivity contribution in [3.05, 3.63) is 83.9 Å². The van der Waals surface area contributed by atoms with Crippen molar-refractivity contribution in [3.63, 3.8) is 0 Å². The van der Waals surface area contributed by atoms with Crippen LogP contribution in [-0.4, -0.2) is 0 Å². The Kier molecular flexibility index (Phi) is 5.24. The van der Waals surface area contributed by atoms with Crippen molar-refractivity contribution >= 4 is 19.8 Å². The van der Waals surface area contributed by atoms with Gasteiger partial charge in [0.15, 0.2) is 0 Å². The molecule has 0 fully saturated rings. The lowest BCUT2D eigenvalue weighted by molar-refractivity contribution is 0.383. The predicted octanol–water partition coefficient (Wildman–Crippen LogP) is 5.37. The van der Waals surface area contributed by atoms with E-state index in [0.717, 1.165) is 22.3 Å².